The van der Waals surface area contributed by atoms with Gasteiger partial charge in [-0.05, 0) is 18.8 Å². The third kappa shape index (κ3) is 3.22. The molecule has 5 heteroatoms. The standard InChI is InChI=1S/C13H24N4O/c1-10(2)9-17(11-5-3-4-6-11)13-16-15-12(18-13)7-8-14/h10-11H,3-9,14H2,1-2H3. The fraction of sp³-hybridized carbons (Fsp3) is 0.846. The van der Waals surface area contributed by atoms with Crippen LogP contribution in [0.2, 0.25) is 0 Å². The summed E-state index contributed by atoms with van der Waals surface area (Å²) in [4.78, 5) is 2.30. The Morgan fingerprint density at radius 2 is 2.06 bits per heavy atom. The average Bonchev–Trinajstić information content (AvgIpc) is 2.97. The molecule has 102 valence electrons. The van der Waals surface area contributed by atoms with Crippen molar-refractivity contribution in [2.24, 2.45) is 11.7 Å². The van der Waals surface area contributed by atoms with Crippen LogP contribution in [0.1, 0.15) is 45.4 Å². The van der Waals surface area contributed by atoms with E-state index in [9.17, 15) is 0 Å². The molecule has 2 N–H and O–H groups in total. The van der Waals surface area contributed by atoms with E-state index in [1.807, 2.05) is 0 Å². The van der Waals surface area contributed by atoms with Gasteiger partial charge in [0.15, 0.2) is 0 Å². The van der Waals surface area contributed by atoms with Crippen molar-refractivity contribution >= 4 is 6.01 Å². The Bertz CT molecular complexity index is 358. The highest BCUT2D eigenvalue weighted by molar-refractivity contribution is 5.27. The number of nitrogens with two attached hydrogens (primary N) is 1. The molecule has 0 bridgehead atoms. The molecule has 1 heterocycles. The van der Waals surface area contributed by atoms with E-state index in [-0.39, 0.29) is 0 Å². The maximum Gasteiger partial charge on any atom is 0.318 e. The minimum Gasteiger partial charge on any atom is -0.408 e. The van der Waals surface area contributed by atoms with Crippen LogP contribution in [-0.4, -0.2) is 29.3 Å². The molecule has 0 unspecified atom stereocenters. The van der Waals surface area contributed by atoms with Gasteiger partial charge in [-0.3, -0.25) is 0 Å². The Hall–Kier alpha value is -1.10. The van der Waals surface area contributed by atoms with Crippen LogP contribution in [0.5, 0.6) is 0 Å². The quantitative estimate of drug-likeness (QED) is 0.838. The van der Waals surface area contributed by atoms with Gasteiger partial charge in [0.25, 0.3) is 0 Å². The zero-order chi connectivity index (χ0) is 13.0. The zero-order valence-corrected chi connectivity index (χ0v) is 11.4. The molecule has 0 radical (unpaired) electrons. The summed E-state index contributed by atoms with van der Waals surface area (Å²) >= 11 is 0. The molecule has 0 aromatic carbocycles. The van der Waals surface area contributed by atoms with Crippen molar-refractivity contribution in [2.75, 3.05) is 18.0 Å². The summed E-state index contributed by atoms with van der Waals surface area (Å²) < 4.78 is 5.72. The van der Waals surface area contributed by atoms with Gasteiger partial charge < -0.3 is 15.1 Å². The molecule has 1 fully saturated rings. The van der Waals surface area contributed by atoms with E-state index in [1.165, 1.54) is 25.7 Å². The van der Waals surface area contributed by atoms with Gasteiger partial charge in [-0.2, -0.15) is 0 Å². The summed E-state index contributed by atoms with van der Waals surface area (Å²) in [7, 11) is 0. The van der Waals surface area contributed by atoms with Crippen LogP contribution in [0, 0.1) is 5.92 Å². The highest BCUT2D eigenvalue weighted by Crippen LogP contribution is 2.28. The van der Waals surface area contributed by atoms with Crippen molar-refractivity contribution in [1.29, 1.82) is 0 Å². The van der Waals surface area contributed by atoms with Crippen molar-refractivity contribution in [3.05, 3.63) is 5.89 Å². The summed E-state index contributed by atoms with van der Waals surface area (Å²) in [6.07, 6.45) is 5.75. The highest BCUT2D eigenvalue weighted by Gasteiger charge is 2.27. The first-order valence-corrected chi connectivity index (χ1v) is 6.99. The molecule has 2 rings (SSSR count). The van der Waals surface area contributed by atoms with Crippen molar-refractivity contribution in [2.45, 2.75) is 52.0 Å². The van der Waals surface area contributed by atoms with Crippen LogP contribution in [0.3, 0.4) is 0 Å². The second-order valence-corrected chi connectivity index (χ2v) is 5.50. The number of nitrogens with zero attached hydrogens (tertiary/aromatic N) is 3. The summed E-state index contributed by atoms with van der Waals surface area (Å²) in [6, 6.07) is 1.25. The van der Waals surface area contributed by atoms with Crippen LogP contribution >= 0.6 is 0 Å². The molecule has 0 amide bonds. The minimum absolute atomic E-state index is 0.551. The third-order valence-electron chi connectivity index (χ3n) is 3.39. The van der Waals surface area contributed by atoms with Crippen molar-refractivity contribution < 1.29 is 4.42 Å². The normalized spacial score (nSPS) is 16.7. The third-order valence-corrected chi connectivity index (χ3v) is 3.39. The predicted molar refractivity (Wildman–Crippen MR) is 71.5 cm³/mol. The molecule has 5 nitrogen and oxygen atoms in total. The van der Waals surface area contributed by atoms with E-state index in [4.69, 9.17) is 10.2 Å². The van der Waals surface area contributed by atoms with Crippen LogP contribution < -0.4 is 10.6 Å². The molecule has 1 aliphatic rings. The molecule has 0 aliphatic heterocycles. The first-order chi connectivity index (χ1) is 8.70. The van der Waals surface area contributed by atoms with Gasteiger partial charge in [0.05, 0.1) is 0 Å². The predicted octanol–water partition coefficient (Wildman–Crippen LogP) is 1.98. The number of rotatable bonds is 6. The van der Waals surface area contributed by atoms with Gasteiger partial charge in [0, 0.05) is 25.6 Å². The monoisotopic (exact) mass is 252 g/mol. The van der Waals surface area contributed by atoms with Gasteiger partial charge in [0.1, 0.15) is 0 Å². The SMILES string of the molecule is CC(C)CN(c1nnc(CCN)o1)C1CCCC1. The lowest BCUT2D eigenvalue weighted by atomic mass is 10.1. The lowest BCUT2D eigenvalue weighted by Gasteiger charge is -2.28. The van der Waals surface area contributed by atoms with E-state index in [0.717, 1.165) is 6.54 Å². The lowest BCUT2D eigenvalue weighted by molar-refractivity contribution is 0.441. The zero-order valence-electron chi connectivity index (χ0n) is 11.4. The number of hydrogen-bond acceptors (Lipinski definition) is 5. The molecule has 1 aliphatic carbocycles. The molecule has 0 atom stereocenters. The fourth-order valence-electron chi connectivity index (χ4n) is 2.58. The highest BCUT2D eigenvalue weighted by atomic mass is 16.4. The molecule has 1 aromatic rings. The van der Waals surface area contributed by atoms with Crippen LogP contribution in [0.15, 0.2) is 4.42 Å². The summed E-state index contributed by atoms with van der Waals surface area (Å²) in [6.45, 7) is 5.97. The second kappa shape index (κ2) is 6.18. The fourth-order valence-corrected chi connectivity index (χ4v) is 2.58. The van der Waals surface area contributed by atoms with Gasteiger partial charge in [-0.25, -0.2) is 0 Å². The van der Waals surface area contributed by atoms with Crippen molar-refractivity contribution in [1.82, 2.24) is 10.2 Å². The van der Waals surface area contributed by atoms with E-state index in [2.05, 4.69) is 28.9 Å². The minimum atomic E-state index is 0.551. The topological polar surface area (TPSA) is 68.2 Å². The molecule has 1 aromatic heterocycles. The van der Waals surface area contributed by atoms with Crippen molar-refractivity contribution in [3.8, 4) is 0 Å². The average molecular weight is 252 g/mol. The molecule has 0 spiro atoms. The first-order valence-electron chi connectivity index (χ1n) is 6.99. The van der Waals surface area contributed by atoms with Gasteiger partial charge in [-0.15, -0.1) is 5.10 Å². The van der Waals surface area contributed by atoms with Gasteiger partial charge >= 0.3 is 6.01 Å². The Morgan fingerprint density at radius 1 is 1.33 bits per heavy atom. The Morgan fingerprint density at radius 3 is 2.67 bits per heavy atom. The first kappa shape index (κ1) is 13.3. The molecule has 1 saturated carbocycles. The summed E-state index contributed by atoms with van der Waals surface area (Å²) in [5, 5.41) is 8.25. The van der Waals surface area contributed by atoms with E-state index in [1.54, 1.807) is 0 Å². The molecule has 0 saturated heterocycles. The molecule has 18 heavy (non-hydrogen) atoms. The van der Waals surface area contributed by atoms with Crippen LogP contribution in [0.25, 0.3) is 0 Å². The Labute approximate surface area is 109 Å². The molecular weight excluding hydrogens is 228 g/mol. The van der Waals surface area contributed by atoms with Crippen LogP contribution in [0.4, 0.5) is 6.01 Å². The smallest absolute Gasteiger partial charge is 0.318 e. The largest absolute Gasteiger partial charge is 0.408 e. The number of hydrogen-bond donors (Lipinski definition) is 1. The summed E-state index contributed by atoms with van der Waals surface area (Å²) in [5.74, 6) is 1.25. The van der Waals surface area contributed by atoms with E-state index >= 15 is 0 Å². The Kier molecular flexibility index (Phi) is 4.58. The number of anilines is 1. The van der Waals surface area contributed by atoms with Crippen molar-refractivity contribution in [3.63, 3.8) is 0 Å². The summed E-state index contributed by atoms with van der Waals surface area (Å²) in [5.41, 5.74) is 5.51. The van der Waals surface area contributed by atoms with E-state index in [0.29, 0.717) is 36.8 Å². The maximum atomic E-state index is 5.72. The lowest BCUT2D eigenvalue weighted by Crippen LogP contribution is -2.36. The van der Waals surface area contributed by atoms with Crippen LogP contribution in [-0.2, 0) is 6.42 Å². The van der Waals surface area contributed by atoms with Gasteiger partial charge in [-0.1, -0.05) is 31.8 Å². The number of aromatic nitrogens is 2. The second-order valence-electron chi connectivity index (χ2n) is 5.50. The molecular formula is C13H24N4O. The van der Waals surface area contributed by atoms with Gasteiger partial charge in [0.2, 0.25) is 5.89 Å². The maximum absolute atomic E-state index is 5.72. The van der Waals surface area contributed by atoms with E-state index < -0.39 is 0 Å². The Balaban J connectivity index is 2.10.